The predicted octanol–water partition coefficient (Wildman–Crippen LogP) is 4.22. The number of para-hydroxylation sites is 3. The number of imidazole rings is 1. The molecule has 0 radical (unpaired) electrons. The number of hydrogen-bond donors (Lipinski definition) is 2. The van der Waals surface area contributed by atoms with E-state index in [0.717, 1.165) is 16.6 Å². The molecule has 0 bridgehead atoms. The molecular weight excluding hydrogens is 358 g/mol. The van der Waals surface area contributed by atoms with Gasteiger partial charge in [0.15, 0.2) is 0 Å². The van der Waals surface area contributed by atoms with Gasteiger partial charge in [0.05, 0.1) is 16.7 Å². The Balaban J connectivity index is 1.64. The normalized spacial score (nSPS) is 12.0. The molecule has 0 saturated carbocycles. The zero-order valence-corrected chi connectivity index (χ0v) is 15.4. The van der Waals surface area contributed by atoms with E-state index in [1.165, 1.54) is 0 Å². The molecule has 0 aliphatic carbocycles. The highest BCUT2D eigenvalue weighted by Gasteiger charge is 2.13. The number of nitrogens with one attached hydrogen (secondary N) is 2. The van der Waals surface area contributed by atoms with Crippen molar-refractivity contribution in [2.75, 3.05) is 11.6 Å². The van der Waals surface area contributed by atoms with E-state index in [0.29, 0.717) is 22.0 Å². The van der Waals surface area contributed by atoms with Crippen molar-refractivity contribution in [3.8, 4) is 11.4 Å². The van der Waals surface area contributed by atoms with Gasteiger partial charge in [-0.15, -0.1) is 0 Å². The fourth-order valence-electron chi connectivity index (χ4n) is 2.87. The Kier molecular flexibility index (Phi) is 4.56. The molecule has 1 aromatic heterocycles. The number of anilines is 1. The third-order valence-corrected chi connectivity index (χ3v) is 5.20. The monoisotopic (exact) mass is 375 g/mol. The summed E-state index contributed by atoms with van der Waals surface area (Å²) >= 11 is 0. The van der Waals surface area contributed by atoms with Gasteiger partial charge in [-0.25, -0.2) is 4.98 Å². The second-order valence-corrected chi connectivity index (χ2v) is 7.46. The Labute approximate surface area is 158 Å². The quantitative estimate of drug-likeness (QED) is 0.561. The van der Waals surface area contributed by atoms with Gasteiger partial charge in [0.1, 0.15) is 5.82 Å². The first kappa shape index (κ1) is 17.2. The number of fused-ring (bicyclic) bond motifs is 1. The zero-order chi connectivity index (χ0) is 18.8. The lowest BCUT2D eigenvalue weighted by atomic mass is 10.1. The molecule has 0 aliphatic heterocycles. The smallest absolute Gasteiger partial charge is 0.255 e. The van der Waals surface area contributed by atoms with E-state index in [1.54, 1.807) is 30.5 Å². The van der Waals surface area contributed by atoms with Crippen molar-refractivity contribution < 1.29 is 9.00 Å². The molecule has 1 heterocycles. The molecule has 1 amide bonds. The summed E-state index contributed by atoms with van der Waals surface area (Å²) in [5.41, 5.74) is 3.80. The van der Waals surface area contributed by atoms with E-state index < -0.39 is 10.8 Å². The maximum Gasteiger partial charge on any atom is 0.255 e. The molecule has 134 valence electrons. The van der Waals surface area contributed by atoms with Gasteiger partial charge in [0.2, 0.25) is 0 Å². The van der Waals surface area contributed by atoms with Crippen LogP contribution in [0.1, 0.15) is 10.4 Å². The Bertz CT molecular complexity index is 1120. The number of carbonyl (C=O) groups excluding carboxylic acids is 1. The number of carbonyl (C=O) groups is 1. The van der Waals surface area contributed by atoms with Crippen molar-refractivity contribution in [2.24, 2.45) is 0 Å². The Hall–Kier alpha value is -3.25. The van der Waals surface area contributed by atoms with Crippen LogP contribution in [0, 0.1) is 0 Å². The molecule has 4 rings (SSSR count). The summed E-state index contributed by atoms with van der Waals surface area (Å²) in [4.78, 5) is 21.2. The van der Waals surface area contributed by atoms with Crippen molar-refractivity contribution in [3.63, 3.8) is 0 Å². The molecule has 2 N–H and O–H groups in total. The van der Waals surface area contributed by atoms with Crippen LogP contribution in [0.15, 0.2) is 77.7 Å². The van der Waals surface area contributed by atoms with Gasteiger partial charge in [-0.1, -0.05) is 24.3 Å². The van der Waals surface area contributed by atoms with Gasteiger partial charge in [0.25, 0.3) is 5.91 Å². The lowest BCUT2D eigenvalue weighted by Gasteiger charge is -2.10. The fraction of sp³-hybridized carbons (Fsp3) is 0.0476. The van der Waals surface area contributed by atoms with Crippen LogP contribution in [-0.2, 0) is 10.8 Å². The molecule has 5 nitrogen and oxygen atoms in total. The van der Waals surface area contributed by atoms with Crippen molar-refractivity contribution >= 4 is 33.4 Å². The molecule has 4 aromatic rings. The third kappa shape index (κ3) is 3.52. The van der Waals surface area contributed by atoms with Crippen LogP contribution in [0.4, 0.5) is 5.69 Å². The number of aromatic nitrogens is 2. The van der Waals surface area contributed by atoms with Crippen molar-refractivity contribution in [2.45, 2.75) is 4.90 Å². The fourth-order valence-corrected chi connectivity index (χ4v) is 3.39. The average Bonchev–Trinajstić information content (AvgIpc) is 3.12. The Morgan fingerprint density at radius 3 is 2.41 bits per heavy atom. The van der Waals surface area contributed by atoms with Crippen molar-refractivity contribution in [1.82, 2.24) is 9.97 Å². The van der Waals surface area contributed by atoms with Crippen LogP contribution in [0.3, 0.4) is 0 Å². The number of nitrogens with zero attached hydrogens (tertiary/aromatic N) is 1. The van der Waals surface area contributed by atoms with Crippen LogP contribution in [-0.4, -0.2) is 26.3 Å². The number of rotatable bonds is 4. The molecule has 1 atom stereocenters. The molecule has 3 aromatic carbocycles. The number of hydrogen-bond acceptors (Lipinski definition) is 3. The highest BCUT2D eigenvalue weighted by Crippen LogP contribution is 2.28. The topological polar surface area (TPSA) is 74.8 Å². The summed E-state index contributed by atoms with van der Waals surface area (Å²) in [5, 5.41) is 2.94. The van der Waals surface area contributed by atoms with E-state index in [1.807, 2.05) is 48.5 Å². The zero-order valence-electron chi connectivity index (χ0n) is 14.6. The highest BCUT2D eigenvalue weighted by atomic mass is 32.2. The second kappa shape index (κ2) is 7.17. The first-order valence-electron chi connectivity index (χ1n) is 8.41. The largest absolute Gasteiger partial charge is 0.338 e. The Morgan fingerprint density at radius 2 is 1.67 bits per heavy atom. The lowest BCUT2D eigenvalue weighted by Crippen LogP contribution is -2.12. The summed E-state index contributed by atoms with van der Waals surface area (Å²) < 4.78 is 11.5. The summed E-state index contributed by atoms with van der Waals surface area (Å²) in [6, 6.07) is 22.1. The first-order valence-corrected chi connectivity index (χ1v) is 9.96. The Morgan fingerprint density at radius 1 is 0.963 bits per heavy atom. The number of amides is 1. The van der Waals surface area contributed by atoms with Gasteiger partial charge < -0.3 is 10.3 Å². The summed E-state index contributed by atoms with van der Waals surface area (Å²) in [5.74, 6) is 0.468. The number of H-pyrrole nitrogens is 1. The standard InChI is InChI=1S/C21H17N3O2S/c1-27(26)15-12-10-14(11-13-15)21(25)24-17-7-3-2-6-16(17)20-22-18-8-4-5-9-19(18)23-20/h2-13H,1H3,(H,22,23)(H,24,25). The predicted molar refractivity (Wildman–Crippen MR) is 108 cm³/mol. The number of aromatic amines is 1. The molecule has 1 unspecified atom stereocenters. The molecule has 0 aliphatic rings. The summed E-state index contributed by atoms with van der Waals surface area (Å²) in [6.45, 7) is 0. The van der Waals surface area contributed by atoms with E-state index in [2.05, 4.69) is 15.3 Å². The second-order valence-electron chi connectivity index (χ2n) is 6.08. The maximum absolute atomic E-state index is 12.6. The minimum Gasteiger partial charge on any atom is -0.338 e. The molecule has 27 heavy (non-hydrogen) atoms. The van der Waals surface area contributed by atoms with Crippen LogP contribution in [0.25, 0.3) is 22.4 Å². The van der Waals surface area contributed by atoms with Gasteiger partial charge in [-0.3, -0.25) is 9.00 Å². The lowest BCUT2D eigenvalue weighted by molar-refractivity contribution is 0.102. The van der Waals surface area contributed by atoms with Gasteiger partial charge >= 0.3 is 0 Å². The van der Waals surface area contributed by atoms with E-state index >= 15 is 0 Å². The van der Waals surface area contributed by atoms with Gasteiger partial charge in [0, 0.05) is 33.1 Å². The summed E-state index contributed by atoms with van der Waals surface area (Å²) in [6.07, 6.45) is 1.61. The van der Waals surface area contributed by atoms with Crippen LogP contribution in [0.2, 0.25) is 0 Å². The van der Waals surface area contributed by atoms with E-state index in [4.69, 9.17) is 0 Å². The summed E-state index contributed by atoms with van der Waals surface area (Å²) in [7, 11) is -1.07. The number of benzene rings is 3. The van der Waals surface area contributed by atoms with E-state index in [-0.39, 0.29) is 5.91 Å². The van der Waals surface area contributed by atoms with Crippen LogP contribution < -0.4 is 5.32 Å². The molecule has 0 fully saturated rings. The third-order valence-electron chi connectivity index (χ3n) is 4.27. The maximum atomic E-state index is 12.6. The minimum atomic E-state index is -1.07. The molecule has 0 saturated heterocycles. The van der Waals surface area contributed by atoms with Crippen LogP contribution in [0.5, 0.6) is 0 Å². The highest BCUT2D eigenvalue weighted by molar-refractivity contribution is 7.84. The van der Waals surface area contributed by atoms with Crippen LogP contribution >= 0.6 is 0 Å². The first-order chi connectivity index (χ1) is 13.1. The molecule has 0 spiro atoms. The van der Waals surface area contributed by atoms with Crippen molar-refractivity contribution in [1.29, 1.82) is 0 Å². The van der Waals surface area contributed by atoms with Gasteiger partial charge in [-0.05, 0) is 48.5 Å². The molecule has 6 heteroatoms. The van der Waals surface area contributed by atoms with E-state index in [9.17, 15) is 9.00 Å². The van der Waals surface area contributed by atoms with Gasteiger partial charge in [-0.2, -0.15) is 0 Å². The van der Waals surface area contributed by atoms with Crippen molar-refractivity contribution in [3.05, 3.63) is 78.4 Å². The average molecular weight is 375 g/mol. The minimum absolute atomic E-state index is 0.230. The molecular formula is C21H17N3O2S. The SMILES string of the molecule is CS(=O)c1ccc(C(=O)Nc2ccccc2-c2nc3ccccc3[nH]2)cc1.